The molecule has 20 heavy (non-hydrogen) atoms. The minimum Gasteiger partial charge on any atom is -0.399 e. The topological polar surface area (TPSA) is 63.8 Å². The molecule has 3 aromatic rings. The van der Waals surface area contributed by atoms with E-state index in [2.05, 4.69) is 15.3 Å². The van der Waals surface area contributed by atoms with E-state index in [0.29, 0.717) is 17.2 Å². The van der Waals surface area contributed by atoms with Crippen molar-refractivity contribution in [3.63, 3.8) is 0 Å². The molecule has 0 bridgehead atoms. The van der Waals surface area contributed by atoms with Crippen molar-refractivity contribution in [1.29, 1.82) is 0 Å². The van der Waals surface area contributed by atoms with Crippen molar-refractivity contribution in [3.05, 3.63) is 48.4 Å². The molecule has 0 saturated carbocycles. The molecule has 0 atom stereocenters. The highest BCUT2D eigenvalue weighted by Crippen LogP contribution is 2.27. The van der Waals surface area contributed by atoms with Gasteiger partial charge in [-0.2, -0.15) is 0 Å². The molecular formula is C15H13FN4. The second-order valence-corrected chi connectivity index (χ2v) is 4.46. The predicted molar refractivity (Wildman–Crippen MR) is 78.9 cm³/mol. The number of hydrogen-bond donors (Lipinski definition) is 2. The Morgan fingerprint density at radius 3 is 2.80 bits per heavy atom. The Hall–Kier alpha value is -2.69. The average Bonchev–Trinajstić information content (AvgIpc) is 2.48. The van der Waals surface area contributed by atoms with Gasteiger partial charge in [0.05, 0.1) is 5.52 Å². The number of rotatable bonds is 2. The van der Waals surface area contributed by atoms with Crippen LogP contribution >= 0.6 is 0 Å². The van der Waals surface area contributed by atoms with E-state index < -0.39 is 0 Å². The highest BCUT2D eigenvalue weighted by Gasteiger charge is 2.07. The number of fused-ring (bicyclic) bond motifs is 1. The van der Waals surface area contributed by atoms with Crippen LogP contribution in [0.25, 0.3) is 22.0 Å². The number of nitrogens with zero attached hydrogens (tertiary/aromatic N) is 2. The molecule has 100 valence electrons. The molecule has 2 aromatic carbocycles. The van der Waals surface area contributed by atoms with E-state index in [1.165, 1.54) is 6.07 Å². The zero-order chi connectivity index (χ0) is 14.1. The number of aromatic nitrogens is 2. The fourth-order valence-electron chi connectivity index (χ4n) is 2.09. The first kappa shape index (κ1) is 12.3. The van der Waals surface area contributed by atoms with Gasteiger partial charge in [-0.05, 0) is 35.9 Å². The highest BCUT2D eigenvalue weighted by atomic mass is 19.1. The second kappa shape index (κ2) is 4.77. The molecule has 0 aliphatic heterocycles. The summed E-state index contributed by atoms with van der Waals surface area (Å²) in [6.07, 6.45) is 1.71. The zero-order valence-electron chi connectivity index (χ0n) is 10.9. The first-order valence-electron chi connectivity index (χ1n) is 6.17. The summed E-state index contributed by atoms with van der Waals surface area (Å²) in [6.45, 7) is 0. The number of nitrogens with two attached hydrogens (primary N) is 1. The second-order valence-electron chi connectivity index (χ2n) is 4.46. The number of hydrogen-bond acceptors (Lipinski definition) is 4. The van der Waals surface area contributed by atoms with E-state index >= 15 is 0 Å². The molecule has 4 nitrogen and oxygen atoms in total. The standard InChI is InChI=1S/C15H13FN4/c1-18-15-19-8-10-6-9(2-5-14(10)20-15)12-7-11(17)3-4-13(12)16/h2-8H,17H2,1H3,(H,18,19,20). The van der Waals surface area contributed by atoms with Crippen LogP contribution in [-0.2, 0) is 0 Å². The van der Waals surface area contributed by atoms with Gasteiger partial charge in [0.2, 0.25) is 5.95 Å². The molecular weight excluding hydrogens is 255 g/mol. The van der Waals surface area contributed by atoms with Crippen LogP contribution in [0.15, 0.2) is 42.6 Å². The van der Waals surface area contributed by atoms with Crippen molar-refractivity contribution in [3.8, 4) is 11.1 Å². The number of halogens is 1. The Morgan fingerprint density at radius 2 is 2.00 bits per heavy atom. The first-order chi connectivity index (χ1) is 9.67. The monoisotopic (exact) mass is 268 g/mol. The Balaban J connectivity index is 2.15. The molecule has 5 heteroatoms. The maximum absolute atomic E-state index is 13.9. The Kier molecular flexibility index (Phi) is 2.95. The summed E-state index contributed by atoms with van der Waals surface area (Å²) in [5.74, 6) is 0.256. The quantitative estimate of drug-likeness (QED) is 0.701. The molecule has 0 saturated heterocycles. The van der Waals surface area contributed by atoms with Gasteiger partial charge in [-0.3, -0.25) is 0 Å². The summed E-state index contributed by atoms with van der Waals surface area (Å²) in [7, 11) is 1.76. The van der Waals surface area contributed by atoms with Crippen LogP contribution in [0, 0.1) is 5.82 Å². The Labute approximate surface area is 115 Å². The van der Waals surface area contributed by atoms with Gasteiger partial charge in [0.1, 0.15) is 5.82 Å². The predicted octanol–water partition coefficient (Wildman–Crippen LogP) is 3.06. The van der Waals surface area contributed by atoms with Crippen LogP contribution in [0.4, 0.5) is 16.0 Å². The Bertz CT molecular complexity index is 786. The van der Waals surface area contributed by atoms with Crippen LogP contribution in [0.2, 0.25) is 0 Å². The minimum atomic E-state index is -0.300. The van der Waals surface area contributed by atoms with Crippen molar-refractivity contribution in [1.82, 2.24) is 9.97 Å². The van der Waals surface area contributed by atoms with Gasteiger partial charge >= 0.3 is 0 Å². The first-order valence-corrected chi connectivity index (χ1v) is 6.17. The molecule has 1 heterocycles. The van der Waals surface area contributed by atoms with E-state index in [1.807, 2.05) is 18.2 Å². The molecule has 0 fully saturated rings. The average molecular weight is 268 g/mol. The van der Waals surface area contributed by atoms with Crippen molar-refractivity contribution in [2.75, 3.05) is 18.1 Å². The summed E-state index contributed by atoms with van der Waals surface area (Å²) in [5, 5.41) is 3.73. The molecule has 0 aliphatic carbocycles. The Morgan fingerprint density at radius 1 is 1.15 bits per heavy atom. The fourth-order valence-corrected chi connectivity index (χ4v) is 2.09. The molecule has 1 aromatic heterocycles. The van der Waals surface area contributed by atoms with Crippen molar-refractivity contribution >= 4 is 22.5 Å². The van der Waals surface area contributed by atoms with Gasteiger partial charge in [0, 0.05) is 29.9 Å². The van der Waals surface area contributed by atoms with Gasteiger partial charge in [0.15, 0.2) is 0 Å². The largest absolute Gasteiger partial charge is 0.399 e. The summed E-state index contributed by atoms with van der Waals surface area (Å²) in [4.78, 5) is 8.49. The lowest BCUT2D eigenvalue weighted by atomic mass is 10.0. The molecule has 3 rings (SSSR count). The molecule has 3 N–H and O–H groups in total. The lowest BCUT2D eigenvalue weighted by Gasteiger charge is -2.07. The third-order valence-corrected chi connectivity index (χ3v) is 3.10. The van der Waals surface area contributed by atoms with Gasteiger partial charge in [0.25, 0.3) is 0 Å². The third kappa shape index (κ3) is 2.14. The number of nitrogen functional groups attached to an aromatic ring is 1. The number of nitrogens with one attached hydrogen (secondary N) is 1. The van der Waals surface area contributed by atoms with Gasteiger partial charge < -0.3 is 11.1 Å². The van der Waals surface area contributed by atoms with Crippen LogP contribution in [0.1, 0.15) is 0 Å². The molecule has 0 radical (unpaired) electrons. The van der Waals surface area contributed by atoms with Crippen molar-refractivity contribution in [2.24, 2.45) is 0 Å². The lowest BCUT2D eigenvalue weighted by molar-refractivity contribution is 0.631. The maximum atomic E-state index is 13.9. The zero-order valence-corrected chi connectivity index (χ0v) is 10.9. The lowest BCUT2D eigenvalue weighted by Crippen LogP contribution is -1.96. The van der Waals surface area contributed by atoms with E-state index in [-0.39, 0.29) is 5.82 Å². The van der Waals surface area contributed by atoms with E-state index in [1.54, 1.807) is 25.4 Å². The summed E-state index contributed by atoms with van der Waals surface area (Å²) >= 11 is 0. The van der Waals surface area contributed by atoms with Crippen LogP contribution < -0.4 is 11.1 Å². The molecule has 0 amide bonds. The summed E-state index contributed by atoms with van der Waals surface area (Å²) in [5.41, 5.74) is 8.28. The van der Waals surface area contributed by atoms with Gasteiger partial charge in [-0.15, -0.1) is 0 Å². The normalized spacial score (nSPS) is 10.7. The minimum absolute atomic E-state index is 0.300. The molecule has 0 spiro atoms. The van der Waals surface area contributed by atoms with Crippen LogP contribution in [0.5, 0.6) is 0 Å². The fraction of sp³-hybridized carbons (Fsp3) is 0.0667. The van der Waals surface area contributed by atoms with Crippen molar-refractivity contribution in [2.45, 2.75) is 0 Å². The van der Waals surface area contributed by atoms with E-state index in [9.17, 15) is 4.39 Å². The summed E-state index contributed by atoms with van der Waals surface area (Å²) < 4.78 is 13.9. The number of benzene rings is 2. The van der Waals surface area contributed by atoms with Crippen molar-refractivity contribution < 1.29 is 4.39 Å². The third-order valence-electron chi connectivity index (χ3n) is 3.10. The highest BCUT2D eigenvalue weighted by molar-refractivity contribution is 5.85. The van der Waals surface area contributed by atoms with Gasteiger partial charge in [-0.25, -0.2) is 14.4 Å². The summed E-state index contributed by atoms with van der Waals surface area (Å²) in [6, 6.07) is 10.1. The van der Waals surface area contributed by atoms with E-state index in [4.69, 9.17) is 5.73 Å². The molecule has 0 unspecified atom stereocenters. The SMILES string of the molecule is CNc1ncc2cc(-c3cc(N)ccc3F)ccc2n1. The van der Waals surface area contributed by atoms with Crippen LogP contribution in [-0.4, -0.2) is 17.0 Å². The number of anilines is 2. The van der Waals surface area contributed by atoms with Crippen LogP contribution in [0.3, 0.4) is 0 Å². The maximum Gasteiger partial charge on any atom is 0.222 e. The van der Waals surface area contributed by atoms with Gasteiger partial charge in [-0.1, -0.05) is 6.07 Å². The smallest absolute Gasteiger partial charge is 0.222 e. The molecule has 0 aliphatic rings. The van der Waals surface area contributed by atoms with E-state index in [0.717, 1.165) is 16.5 Å².